The fraction of sp³-hybridized carbons (Fsp3) is 0.440. The molecule has 2 aromatic carbocycles. The number of nitrogens with zero attached hydrogens (tertiary/aromatic N) is 1. The molecule has 4 heteroatoms. The van der Waals surface area contributed by atoms with E-state index in [2.05, 4.69) is 23.5 Å². The summed E-state index contributed by atoms with van der Waals surface area (Å²) in [6.45, 7) is 12.3. The minimum absolute atomic E-state index is 0.0352. The average molecular weight is 395 g/mol. The molecule has 1 N–H and O–H groups in total. The van der Waals surface area contributed by atoms with Crippen LogP contribution >= 0.6 is 0 Å². The molecule has 0 aromatic heterocycles. The lowest BCUT2D eigenvalue weighted by Crippen LogP contribution is -2.50. The van der Waals surface area contributed by atoms with E-state index in [1.165, 1.54) is 0 Å². The molecule has 156 valence electrons. The Balaban J connectivity index is 2.28. The molecule has 0 radical (unpaired) electrons. The first-order valence-corrected chi connectivity index (χ1v) is 10.4. The maximum absolute atomic E-state index is 13.3. The zero-order chi connectivity index (χ0) is 21.6. The number of rotatable bonds is 8. The molecule has 0 bridgehead atoms. The van der Waals surface area contributed by atoms with E-state index in [9.17, 15) is 9.59 Å². The van der Waals surface area contributed by atoms with Crippen molar-refractivity contribution in [3.63, 3.8) is 0 Å². The van der Waals surface area contributed by atoms with Gasteiger partial charge in [0, 0.05) is 12.6 Å². The van der Waals surface area contributed by atoms with Crippen LogP contribution in [0.1, 0.15) is 55.0 Å². The van der Waals surface area contributed by atoms with Crippen LogP contribution in [0.4, 0.5) is 0 Å². The Morgan fingerprint density at radius 1 is 1.00 bits per heavy atom. The predicted molar refractivity (Wildman–Crippen MR) is 119 cm³/mol. The number of aryl methyl sites for hydroxylation is 3. The van der Waals surface area contributed by atoms with Crippen LogP contribution in [0, 0.1) is 20.8 Å². The van der Waals surface area contributed by atoms with Gasteiger partial charge in [-0.2, -0.15) is 0 Å². The van der Waals surface area contributed by atoms with Crippen molar-refractivity contribution in [3.05, 3.63) is 70.3 Å². The third kappa shape index (κ3) is 6.45. The first-order valence-electron chi connectivity index (χ1n) is 10.4. The normalized spacial score (nSPS) is 12.9. The first kappa shape index (κ1) is 22.7. The summed E-state index contributed by atoms with van der Waals surface area (Å²) in [5.41, 5.74) is 5.41. The minimum Gasteiger partial charge on any atom is -0.352 e. The molecule has 0 heterocycles. The van der Waals surface area contributed by atoms with Gasteiger partial charge < -0.3 is 10.2 Å². The van der Waals surface area contributed by atoms with Gasteiger partial charge in [0.05, 0.1) is 6.42 Å². The van der Waals surface area contributed by atoms with Crippen molar-refractivity contribution in [1.82, 2.24) is 10.2 Å². The molecule has 0 aliphatic rings. The third-order valence-corrected chi connectivity index (χ3v) is 5.45. The molecule has 4 nitrogen and oxygen atoms in total. The summed E-state index contributed by atoms with van der Waals surface area (Å²) in [4.78, 5) is 27.8. The fourth-order valence-electron chi connectivity index (χ4n) is 3.31. The Hall–Kier alpha value is -2.62. The molecular formula is C25H34N2O2. The number of carbonyl (C=O) groups is 2. The second kappa shape index (κ2) is 10.2. The van der Waals surface area contributed by atoms with Gasteiger partial charge in [0.25, 0.3) is 0 Å². The van der Waals surface area contributed by atoms with Gasteiger partial charge in [-0.05, 0) is 57.7 Å². The Morgan fingerprint density at radius 3 is 2.34 bits per heavy atom. The van der Waals surface area contributed by atoms with Gasteiger partial charge in [-0.3, -0.25) is 9.59 Å². The van der Waals surface area contributed by atoms with Crippen LogP contribution in [-0.2, 0) is 22.6 Å². The largest absolute Gasteiger partial charge is 0.352 e. The fourth-order valence-corrected chi connectivity index (χ4v) is 3.31. The Kier molecular flexibility index (Phi) is 8.00. The summed E-state index contributed by atoms with van der Waals surface area (Å²) < 4.78 is 0. The molecule has 2 rings (SSSR count). The standard InChI is InChI=1S/C25H34N2O2/c1-7-20(5)26-25(29)21(6)27(16-22-10-8-9-17(2)13-22)24(28)15-23-14-18(3)11-12-19(23)4/h8-14,20-21H,7,15-16H2,1-6H3,(H,26,29)/t20-,21-/m1/s1. The highest BCUT2D eigenvalue weighted by Crippen LogP contribution is 2.17. The van der Waals surface area contributed by atoms with Crippen molar-refractivity contribution >= 4 is 11.8 Å². The maximum Gasteiger partial charge on any atom is 0.242 e. The minimum atomic E-state index is -0.540. The topological polar surface area (TPSA) is 49.4 Å². The van der Waals surface area contributed by atoms with E-state index in [1.54, 1.807) is 4.90 Å². The Labute approximate surface area is 175 Å². The van der Waals surface area contributed by atoms with Gasteiger partial charge >= 0.3 is 0 Å². The summed E-state index contributed by atoms with van der Waals surface area (Å²) >= 11 is 0. The summed E-state index contributed by atoms with van der Waals surface area (Å²) in [6.07, 6.45) is 1.15. The van der Waals surface area contributed by atoms with E-state index in [4.69, 9.17) is 0 Å². The highest BCUT2D eigenvalue weighted by Gasteiger charge is 2.27. The van der Waals surface area contributed by atoms with Gasteiger partial charge in [-0.15, -0.1) is 0 Å². The lowest BCUT2D eigenvalue weighted by molar-refractivity contribution is -0.140. The summed E-state index contributed by atoms with van der Waals surface area (Å²) in [6, 6.07) is 13.8. The second-order valence-electron chi connectivity index (χ2n) is 8.11. The van der Waals surface area contributed by atoms with E-state index >= 15 is 0 Å². The number of hydrogen-bond acceptors (Lipinski definition) is 2. The predicted octanol–water partition coefficient (Wildman–Crippen LogP) is 4.49. The van der Waals surface area contributed by atoms with Crippen molar-refractivity contribution in [1.29, 1.82) is 0 Å². The van der Waals surface area contributed by atoms with Gasteiger partial charge in [0.2, 0.25) is 11.8 Å². The molecule has 0 spiro atoms. The molecular weight excluding hydrogens is 360 g/mol. The lowest BCUT2D eigenvalue weighted by atomic mass is 10.0. The van der Waals surface area contributed by atoms with Gasteiger partial charge in [0.15, 0.2) is 0 Å². The lowest BCUT2D eigenvalue weighted by Gasteiger charge is -2.30. The Morgan fingerprint density at radius 2 is 1.69 bits per heavy atom. The van der Waals surface area contributed by atoms with Gasteiger partial charge in [0.1, 0.15) is 6.04 Å². The van der Waals surface area contributed by atoms with Gasteiger partial charge in [-0.1, -0.05) is 60.5 Å². The summed E-state index contributed by atoms with van der Waals surface area (Å²) in [5, 5.41) is 3.01. The summed E-state index contributed by atoms with van der Waals surface area (Å²) in [5.74, 6) is -0.145. The van der Waals surface area contributed by atoms with Crippen molar-refractivity contribution in [3.8, 4) is 0 Å². The zero-order valence-electron chi connectivity index (χ0n) is 18.6. The molecule has 2 atom stereocenters. The molecule has 0 saturated carbocycles. The van der Waals surface area contributed by atoms with Crippen molar-refractivity contribution in [2.75, 3.05) is 0 Å². The molecule has 0 saturated heterocycles. The number of hydrogen-bond donors (Lipinski definition) is 1. The third-order valence-electron chi connectivity index (χ3n) is 5.45. The van der Waals surface area contributed by atoms with Crippen LogP contribution in [0.15, 0.2) is 42.5 Å². The van der Waals surface area contributed by atoms with E-state index in [-0.39, 0.29) is 17.9 Å². The second-order valence-corrected chi connectivity index (χ2v) is 8.11. The van der Waals surface area contributed by atoms with Crippen LogP contribution in [0.3, 0.4) is 0 Å². The van der Waals surface area contributed by atoms with Crippen LogP contribution in [0.2, 0.25) is 0 Å². The highest BCUT2D eigenvalue weighted by atomic mass is 16.2. The molecule has 0 aliphatic heterocycles. The van der Waals surface area contributed by atoms with Crippen molar-refractivity contribution in [2.45, 2.75) is 73.0 Å². The van der Waals surface area contributed by atoms with Crippen LogP contribution in [0.5, 0.6) is 0 Å². The van der Waals surface area contributed by atoms with E-state index in [0.29, 0.717) is 13.0 Å². The van der Waals surface area contributed by atoms with E-state index in [0.717, 1.165) is 34.2 Å². The monoisotopic (exact) mass is 394 g/mol. The number of nitrogens with one attached hydrogen (secondary N) is 1. The molecule has 0 fully saturated rings. The SMILES string of the molecule is CC[C@@H](C)NC(=O)[C@@H](C)N(Cc1cccc(C)c1)C(=O)Cc1cc(C)ccc1C. The molecule has 0 aliphatic carbocycles. The summed E-state index contributed by atoms with van der Waals surface area (Å²) in [7, 11) is 0. The van der Waals surface area contributed by atoms with Crippen molar-refractivity contribution in [2.24, 2.45) is 0 Å². The molecule has 2 amide bonds. The number of benzene rings is 2. The van der Waals surface area contributed by atoms with E-state index in [1.807, 2.05) is 65.8 Å². The molecule has 0 unspecified atom stereocenters. The quantitative estimate of drug-likeness (QED) is 0.717. The Bertz CT molecular complexity index is 860. The van der Waals surface area contributed by atoms with Crippen molar-refractivity contribution < 1.29 is 9.59 Å². The molecule has 2 aromatic rings. The zero-order valence-corrected chi connectivity index (χ0v) is 18.6. The van der Waals surface area contributed by atoms with E-state index < -0.39 is 6.04 Å². The smallest absolute Gasteiger partial charge is 0.242 e. The van der Waals surface area contributed by atoms with Crippen LogP contribution < -0.4 is 5.32 Å². The van der Waals surface area contributed by atoms with Crippen LogP contribution in [0.25, 0.3) is 0 Å². The first-order chi connectivity index (χ1) is 13.7. The number of carbonyl (C=O) groups excluding carboxylic acids is 2. The maximum atomic E-state index is 13.3. The van der Waals surface area contributed by atoms with Gasteiger partial charge in [-0.25, -0.2) is 0 Å². The highest BCUT2D eigenvalue weighted by molar-refractivity contribution is 5.88. The van der Waals surface area contributed by atoms with Crippen LogP contribution in [-0.4, -0.2) is 28.8 Å². The average Bonchev–Trinajstić information content (AvgIpc) is 2.68. The molecule has 29 heavy (non-hydrogen) atoms. The number of amides is 2.